The summed E-state index contributed by atoms with van der Waals surface area (Å²) in [4.78, 5) is 25.8. The standard InChI is InChI=1S/C19H21N5O2/c1-12(25)23-17-10-24(19-15-7-8-20-18(15)21-11-22-19)9-16(17)13-3-5-14(26-2)6-4-13/h3-8,11,16-17H,9-10H2,1-2H3,(H,23,25)(H,20,21,22)/t16-,17+/m0/s1. The zero-order valence-electron chi connectivity index (χ0n) is 14.8. The number of fused-ring (bicyclic) bond motifs is 1. The Hall–Kier alpha value is -3.09. The molecule has 0 aliphatic carbocycles. The summed E-state index contributed by atoms with van der Waals surface area (Å²) in [6.07, 6.45) is 3.44. The van der Waals surface area contributed by atoms with E-state index in [1.54, 1.807) is 20.4 Å². The topological polar surface area (TPSA) is 83.1 Å². The lowest BCUT2D eigenvalue weighted by Crippen LogP contribution is -2.38. The van der Waals surface area contributed by atoms with Crippen LogP contribution in [-0.4, -0.2) is 47.1 Å². The van der Waals surface area contributed by atoms with Crippen LogP contribution in [0.2, 0.25) is 0 Å². The van der Waals surface area contributed by atoms with Gasteiger partial charge in [0.25, 0.3) is 0 Å². The van der Waals surface area contributed by atoms with Crippen LogP contribution in [0.25, 0.3) is 11.0 Å². The summed E-state index contributed by atoms with van der Waals surface area (Å²) < 4.78 is 5.25. The molecule has 134 valence electrons. The van der Waals surface area contributed by atoms with E-state index in [4.69, 9.17) is 4.74 Å². The average Bonchev–Trinajstić information content (AvgIpc) is 3.28. The van der Waals surface area contributed by atoms with Gasteiger partial charge in [-0.2, -0.15) is 0 Å². The first-order valence-electron chi connectivity index (χ1n) is 8.60. The van der Waals surface area contributed by atoms with Crippen molar-refractivity contribution in [2.45, 2.75) is 18.9 Å². The van der Waals surface area contributed by atoms with Crippen LogP contribution in [0.15, 0.2) is 42.9 Å². The molecule has 2 atom stereocenters. The van der Waals surface area contributed by atoms with E-state index in [1.165, 1.54) is 5.56 Å². The summed E-state index contributed by atoms with van der Waals surface area (Å²) in [5, 5.41) is 4.09. The molecule has 1 aromatic carbocycles. The first kappa shape index (κ1) is 16.4. The van der Waals surface area contributed by atoms with Crippen LogP contribution in [0.3, 0.4) is 0 Å². The third-order valence-electron chi connectivity index (χ3n) is 4.88. The Kier molecular flexibility index (Phi) is 4.20. The fourth-order valence-corrected chi connectivity index (χ4v) is 3.68. The van der Waals surface area contributed by atoms with Gasteiger partial charge in [-0.15, -0.1) is 0 Å². The molecule has 3 heterocycles. The number of H-pyrrole nitrogens is 1. The Morgan fingerprint density at radius 1 is 1.23 bits per heavy atom. The van der Waals surface area contributed by atoms with Crippen molar-refractivity contribution in [2.24, 2.45) is 0 Å². The third kappa shape index (κ3) is 2.96. The number of anilines is 1. The van der Waals surface area contributed by atoms with Crippen molar-refractivity contribution in [3.05, 3.63) is 48.4 Å². The van der Waals surface area contributed by atoms with Crippen LogP contribution in [-0.2, 0) is 4.79 Å². The van der Waals surface area contributed by atoms with Crippen LogP contribution in [0.5, 0.6) is 5.75 Å². The number of nitrogens with one attached hydrogen (secondary N) is 2. The molecule has 1 fully saturated rings. The predicted molar refractivity (Wildman–Crippen MR) is 99.4 cm³/mol. The second kappa shape index (κ2) is 6.67. The van der Waals surface area contributed by atoms with Gasteiger partial charge in [0.1, 0.15) is 23.5 Å². The largest absolute Gasteiger partial charge is 0.497 e. The van der Waals surface area contributed by atoms with E-state index < -0.39 is 0 Å². The van der Waals surface area contributed by atoms with Crippen molar-refractivity contribution in [3.63, 3.8) is 0 Å². The molecule has 1 amide bonds. The van der Waals surface area contributed by atoms with Gasteiger partial charge in [0, 0.05) is 32.1 Å². The number of methoxy groups -OCH3 is 1. The Morgan fingerprint density at radius 3 is 2.77 bits per heavy atom. The van der Waals surface area contributed by atoms with Gasteiger partial charge in [0.2, 0.25) is 5.91 Å². The monoisotopic (exact) mass is 351 g/mol. The number of rotatable bonds is 4. The SMILES string of the molecule is COc1ccc([C@@H]2CN(c3ncnc4[nH]ccc34)C[C@H]2NC(C)=O)cc1. The van der Waals surface area contributed by atoms with E-state index in [-0.39, 0.29) is 17.9 Å². The Bertz CT molecular complexity index is 921. The first-order valence-corrected chi connectivity index (χ1v) is 8.60. The minimum Gasteiger partial charge on any atom is -0.497 e. The fourth-order valence-electron chi connectivity index (χ4n) is 3.68. The Balaban J connectivity index is 1.66. The van der Waals surface area contributed by atoms with E-state index in [0.717, 1.165) is 29.1 Å². The molecule has 2 N–H and O–H groups in total. The minimum absolute atomic E-state index is 0.0184. The second-order valence-corrected chi connectivity index (χ2v) is 6.53. The van der Waals surface area contributed by atoms with E-state index in [0.29, 0.717) is 6.54 Å². The number of aromatic nitrogens is 3. The molecule has 7 heteroatoms. The van der Waals surface area contributed by atoms with E-state index in [2.05, 4.69) is 37.3 Å². The third-order valence-corrected chi connectivity index (χ3v) is 4.88. The molecule has 2 aromatic heterocycles. The quantitative estimate of drug-likeness (QED) is 0.752. The molecule has 3 aromatic rings. The van der Waals surface area contributed by atoms with Gasteiger partial charge < -0.3 is 19.9 Å². The highest BCUT2D eigenvalue weighted by Gasteiger charge is 2.35. The molecule has 1 aliphatic heterocycles. The number of hydrogen-bond acceptors (Lipinski definition) is 5. The van der Waals surface area contributed by atoms with Gasteiger partial charge in [0.15, 0.2) is 0 Å². The summed E-state index contributed by atoms with van der Waals surface area (Å²) in [6.45, 7) is 3.03. The van der Waals surface area contributed by atoms with Crippen molar-refractivity contribution < 1.29 is 9.53 Å². The summed E-state index contributed by atoms with van der Waals surface area (Å²) in [7, 11) is 1.66. The second-order valence-electron chi connectivity index (χ2n) is 6.53. The molecule has 0 saturated carbocycles. The maximum atomic E-state index is 11.7. The lowest BCUT2D eigenvalue weighted by molar-refractivity contribution is -0.119. The molecule has 0 spiro atoms. The van der Waals surface area contributed by atoms with Gasteiger partial charge in [-0.3, -0.25) is 4.79 Å². The van der Waals surface area contributed by atoms with Crippen LogP contribution >= 0.6 is 0 Å². The molecule has 0 radical (unpaired) electrons. The van der Waals surface area contributed by atoms with Gasteiger partial charge in [-0.05, 0) is 23.8 Å². The lowest BCUT2D eigenvalue weighted by Gasteiger charge is -2.19. The van der Waals surface area contributed by atoms with E-state index in [9.17, 15) is 4.79 Å². The van der Waals surface area contributed by atoms with Crippen molar-refractivity contribution in [1.82, 2.24) is 20.3 Å². The van der Waals surface area contributed by atoms with Crippen LogP contribution in [0.1, 0.15) is 18.4 Å². The maximum absolute atomic E-state index is 11.7. The molecular weight excluding hydrogens is 330 g/mol. The molecule has 7 nitrogen and oxygen atoms in total. The zero-order valence-corrected chi connectivity index (χ0v) is 14.8. The number of hydrogen-bond donors (Lipinski definition) is 2. The number of amides is 1. The first-order chi connectivity index (χ1) is 12.7. The van der Waals surface area contributed by atoms with Crippen molar-refractivity contribution in [1.29, 1.82) is 0 Å². The Labute approximate surface area is 151 Å². The summed E-state index contributed by atoms with van der Waals surface area (Å²) >= 11 is 0. The summed E-state index contributed by atoms with van der Waals surface area (Å²) in [5.74, 6) is 1.87. The van der Waals surface area contributed by atoms with Gasteiger partial charge in [-0.25, -0.2) is 9.97 Å². The van der Waals surface area contributed by atoms with Gasteiger partial charge >= 0.3 is 0 Å². The molecule has 4 rings (SSSR count). The normalized spacial score (nSPS) is 19.7. The zero-order chi connectivity index (χ0) is 18.1. The minimum atomic E-state index is -0.0233. The van der Waals surface area contributed by atoms with Crippen LogP contribution < -0.4 is 15.0 Å². The van der Waals surface area contributed by atoms with Crippen molar-refractivity contribution in [3.8, 4) is 5.75 Å². The lowest BCUT2D eigenvalue weighted by atomic mass is 9.94. The summed E-state index contributed by atoms with van der Waals surface area (Å²) in [5.41, 5.74) is 1.99. The van der Waals surface area contributed by atoms with E-state index in [1.807, 2.05) is 24.4 Å². The van der Waals surface area contributed by atoms with Crippen molar-refractivity contribution >= 4 is 22.8 Å². The molecule has 26 heavy (non-hydrogen) atoms. The number of aromatic amines is 1. The number of benzene rings is 1. The van der Waals surface area contributed by atoms with E-state index >= 15 is 0 Å². The van der Waals surface area contributed by atoms with Crippen LogP contribution in [0.4, 0.5) is 5.82 Å². The Morgan fingerprint density at radius 2 is 2.04 bits per heavy atom. The number of carbonyl (C=O) groups excluding carboxylic acids is 1. The maximum Gasteiger partial charge on any atom is 0.217 e. The smallest absolute Gasteiger partial charge is 0.217 e. The number of carbonyl (C=O) groups is 1. The molecule has 0 unspecified atom stereocenters. The fraction of sp³-hybridized carbons (Fsp3) is 0.316. The molecule has 0 bridgehead atoms. The highest BCUT2D eigenvalue weighted by Crippen LogP contribution is 2.33. The van der Waals surface area contributed by atoms with Gasteiger partial charge in [-0.1, -0.05) is 12.1 Å². The van der Waals surface area contributed by atoms with Gasteiger partial charge in [0.05, 0.1) is 18.5 Å². The highest BCUT2D eigenvalue weighted by molar-refractivity contribution is 5.87. The molecule has 1 aliphatic rings. The summed E-state index contributed by atoms with van der Waals surface area (Å²) in [6, 6.07) is 10.0. The highest BCUT2D eigenvalue weighted by atomic mass is 16.5. The van der Waals surface area contributed by atoms with Crippen LogP contribution in [0, 0.1) is 0 Å². The molecule has 1 saturated heterocycles. The number of nitrogens with zero attached hydrogens (tertiary/aromatic N) is 3. The molecular formula is C19H21N5O2. The van der Waals surface area contributed by atoms with Crippen molar-refractivity contribution in [2.75, 3.05) is 25.1 Å². The predicted octanol–water partition coefficient (Wildman–Crippen LogP) is 2.07. The average molecular weight is 351 g/mol. The number of ether oxygens (including phenoxy) is 1.